The van der Waals surface area contributed by atoms with Gasteiger partial charge in [-0.15, -0.1) is 0 Å². The van der Waals surface area contributed by atoms with Crippen LogP contribution in [-0.2, 0) is 4.79 Å². The first-order valence-corrected chi connectivity index (χ1v) is 7.95. The zero-order chi connectivity index (χ0) is 15.6. The van der Waals surface area contributed by atoms with Crippen LogP contribution in [0.15, 0.2) is 23.9 Å². The summed E-state index contributed by atoms with van der Waals surface area (Å²) in [6.45, 7) is 3.78. The number of carbonyl (C=O) groups excluding carboxylic acids is 1. The van der Waals surface area contributed by atoms with Crippen molar-refractivity contribution in [1.29, 1.82) is 5.26 Å². The molecule has 1 aromatic rings. The monoisotopic (exact) mass is 295 g/mol. The van der Waals surface area contributed by atoms with E-state index in [2.05, 4.69) is 16.0 Å². The number of likely N-dealkylation sites (tertiary alicyclic amines) is 1. The highest BCUT2D eigenvalue weighted by molar-refractivity contribution is 5.92. The molecular formula is C18H21N3O. The largest absolute Gasteiger partial charge is 0.370 e. The molecule has 0 unspecified atom stereocenters. The van der Waals surface area contributed by atoms with Crippen molar-refractivity contribution in [2.24, 2.45) is 5.41 Å². The molecule has 1 spiro atoms. The van der Waals surface area contributed by atoms with Crippen LogP contribution in [0.3, 0.4) is 0 Å². The van der Waals surface area contributed by atoms with Gasteiger partial charge in [0, 0.05) is 30.5 Å². The fourth-order valence-electron chi connectivity index (χ4n) is 3.72. The van der Waals surface area contributed by atoms with Gasteiger partial charge < -0.3 is 4.90 Å². The summed E-state index contributed by atoms with van der Waals surface area (Å²) in [5.41, 5.74) is 3.35. The molecule has 0 aromatic carbocycles. The van der Waals surface area contributed by atoms with Gasteiger partial charge in [-0.05, 0) is 50.2 Å². The molecule has 3 rings (SSSR count). The van der Waals surface area contributed by atoms with Gasteiger partial charge in [0.05, 0.1) is 5.70 Å². The Balaban J connectivity index is 1.92. The van der Waals surface area contributed by atoms with Crippen LogP contribution in [-0.4, -0.2) is 29.3 Å². The maximum absolute atomic E-state index is 11.4. The van der Waals surface area contributed by atoms with E-state index in [0.29, 0.717) is 11.7 Å². The van der Waals surface area contributed by atoms with E-state index >= 15 is 0 Å². The van der Waals surface area contributed by atoms with Crippen LogP contribution in [0, 0.1) is 23.7 Å². The van der Waals surface area contributed by atoms with Crippen molar-refractivity contribution in [1.82, 2.24) is 9.88 Å². The lowest BCUT2D eigenvalue weighted by Crippen LogP contribution is -2.43. The highest BCUT2D eigenvalue weighted by Crippen LogP contribution is 2.49. The van der Waals surface area contributed by atoms with Crippen molar-refractivity contribution >= 4 is 12.0 Å². The van der Waals surface area contributed by atoms with Gasteiger partial charge in [0.1, 0.15) is 11.6 Å². The second kappa shape index (κ2) is 5.92. The number of aryl methyl sites for hydroxylation is 1. The number of nitriles is 1. The average Bonchev–Trinajstić information content (AvgIpc) is 2.51. The van der Waals surface area contributed by atoms with E-state index in [4.69, 9.17) is 0 Å². The zero-order valence-electron chi connectivity index (χ0n) is 13.0. The Morgan fingerprint density at radius 3 is 2.59 bits per heavy atom. The summed E-state index contributed by atoms with van der Waals surface area (Å²) >= 11 is 0. The summed E-state index contributed by atoms with van der Waals surface area (Å²) in [6.07, 6.45) is 8.78. The fraction of sp³-hybridized carbons (Fsp3) is 0.500. The first-order valence-electron chi connectivity index (χ1n) is 7.95. The third kappa shape index (κ3) is 2.64. The molecule has 1 saturated heterocycles. The molecule has 0 amide bonds. The molecule has 114 valence electrons. The topological polar surface area (TPSA) is 57.0 Å². The summed E-state index contributed by atoms with van der Waals surface area (Å²) in [5.74, 6) is 0. The minimum absolute atomic E-state index is 0.218. The summed E-state index contributed by atoms with van der Waals surface area (Å²) in [5, 5.41) is 9.34. The Labute approximate surface area is 131 Å². The van der Waals surface area contributed by atoms with Gasteiger partial charge in [-0.2, -0.15) is 5.26 Å². The Hall–Kier alpha value is -2.15. The number of carbonyl (C=O) groups is 1. The van der Waals surface area contributed by atoms with E-state index in [1.165, 1.54) is 19.3 Å². The number of pyridine rings is 1. The van der Waals surface area contributed by atoms with E-state index in [1.54, 1.807) is 6.20 Å². The highest BCUT2D eigenvalue weighted by Gasteiger charge is 2.40. The van der Waals surface area contributed by atoms with Crippen LogP contribution in [0.1, 0.15) is 43.4 Å². The molecule has 2 fully saturated rings. The van der Waals surface area contributed by atoms with Gasteiger partial charge in [-0.3, -0.25) is 9.78 Å². The standard InChI is InChI=1S/C18H21N3O/c1-14-11-15(3-8-20-14)17(16(12-19)13-22)21-9-6-18(7-10-21)4-2-5-18/h3,8,11,13H,2,4-7,9-10H2,1H3/b17-16+. The van der Waals surface area contributed by atoms with E-state index < -0.39 is 0 Å². The Bertz CT molecular complexity index is 643. The Kier molecular flexibility index (Phi) is 3.98. The number of aldehydes is 1. The fourth-order valence-corrected chi connectivity index (χ4v) is 3.72. The van der Waals surface area contributed by atoms with Gasteiger partial charge in [0.2, 0.25) is 0 Å². The smallest absolute Gasteiger partial charge is 0.162 e. The minimum atomic E-state index is 0.218. The summed E-state index contributed by atoms with van der Waals surface area (Å²) in [6, 6.07) is 5.90. The van der Waals surface area contributed by atoms with Crippen LogP contribution in [0.5, 0.6) is 0 Å². The van der Waals surface area contributed by atoms with Crippen molar-refractivity contribution < 1.29 is 4.79 Å². The van der Waals surface area contributed by atoms with Crippen molar-refractivity contribution in [3.05, 3.63) is 35.2 Å². The Morgan fingerprint density at radius 2 is 2.09 bits per heavy atom. The van der Waals surface area contributed by atoms with E-state index in [-0.39, 0.29) is 5.57 Å². The number of nitrogens with zero attached hydrogens (tertiary/aromatic N) is 3. The molecular weight excluding hydrogens is 274 g/mol. The Morgan fingerprint density at radius 1 is 1.36 bits per heavy atom. The SMILES string of the molecule is Cc1cc(/C(=C(/C#N)C=O)N2CCC3(CCC3)CC2)ccn1. The van der Waals surface area contributed by atoms with E-state index in [1.807, 2.05) is 19.1 Å². The van der Waals surface area contributed by atoms with Crippen molar-refractivity contribution in [3.63, 3.8) is 0 Å². The molecule has 2 heterocycles. The molecule has 0 atom stereocenters. The number of hydrogen-bond donors (Lipinski definition) is 0. The second-order valence-electron chi connectivity index (χ2n) is 6.52. The third-order valence-corrected chi connectivity index (χ3v) is 5.22. The van der Waals surface area contributed by atoms with Crippen LogP contribution < -0.4 is 0 Å². The molecule has 1 aliphatic carbocycles. The molecule has 0 radical (unpaired) electrons. The van der Waals surface area contributed by atoms with Gasteiger partial charge in [-0.25, -0.2) is 0 Å². The molecule has 0 N–H and O–H groups in total. The molecule has 4 heteroatoms. The number of rotatable bonds is 3. The average molecular weight is 295 g/mol. The summed E-state index contributed by atoms with van der Waals surface area (Å²) < 4.78 is 0. The van der Waals surface area contributed by atoms with Gasteiger partial charge >= 0.3 is 0 Å². The second-order valence-corrected chi connectivity index (χ2v) is 6.52. The van der Waals surface area contributed by atoms with E-state index in [0.717, 1.165) is 42.9 Å². The predicted molar refractivity (Wildman–Crippen MR) is 84.7 cm³/mol. The van der Waals surface area contributed by atoms with Crippen LogP contribution in [0.4, 0.5) is 0 Å². The first-order chi connectivity index (χ1) is 10.7. The van der Waals surface area contributed by atoms with Gasteiger partial charge in [0.25, 0.3) is 0 Å². The van der Waals surface area contributed by atoms with Crippen molar-refractivity contribution in [2.45, 2.75) is 39.0 Å². The molecule has 22 heavy (non-hydrogen) atoms. The van der Waals surface area contributed by atoms with Gasteiger partial charge in [0.15, 0.2) is 6.29 Å². The summed E-state index contributed by atoms with van der Waals surface area (Å²) in [7, 11) is 0. The minimum Gasteiger partial charge on any atom is -0.370 e. The maximum Gasteiger partial charge on any atom is 0.162 e. The quantitative estimate of drug-likeness (QED) is 0.488. The maximum atomic E-state index is 11.4. The molecule has 2 aliphatic rings. The molecule has 0 bridgehead atoms. The lowest BCUT2D eigenvalue weighted by atomic mass is 9.63. The van der Waals surface area contributed by atoms with Crippen molar-refractivity contribution in [2.75, 3.05) is 13.1 Å². The van der Waals surface area contributed by atoms with Crippen molar-refractivity contribution in [3.8, 4) is 6.07 Å². The van der Waals surface area contributed by atoms with Gasteiger partial charge in [-0.1, -0.05) is 6.42 Å². The number of hydrogen-bond acceptors (Lipinski definition) is 4. The lowest BCUT2D eigenvalue weighted by molar-refractivity contribution is -0.104. The molecule has 1 aliphatic heterocycles. The highest BCUT2D eigenvalue weighted by atomic mass is 16.1. The molecule has 1 aromatic heterocycles. The number of allylic oxidation sites excluding steroid dienone is 1. The normalized spacial score (nSPS) is 20.8. The molecule has 1 saturated carbocycles. The zero-order valence-corrected chi connectivity index (χ0v) is 13.0. The van der Waals surface area contributed by atoms with E-state index in [9.17, 15) is 10.1 Å². The number of piperidine rings is 1. The van der Waals surface area contributed by atoms with Crippen LogP contribution in [0.2, 0.25) is 0 Å². The lowest BCUT2D eigenvalue weighted by Gasteiger charge is -2.49. The predicted octanol–water partition coefficient (Wildman–Crippen LogP) is 3.09. The summed E-state index contributed by atoms with van der Waals surface area (Å²) in [4.78, 5) is 17.8. The third-order valence-electron chi connectivity index (χ3n) is 5.22. The number of aromatic nitrogens is 1. The molecule has 4 nitrogen and oxygen atoms in total. The first kappa shape index (κ1) is 14.8. The van der Waals surface area contributed by atoms with Crippen LogP contribution in [0.25, 0.3) is 5.70 Å². The van der Waals surface area contributed by atoms with Crippen LogP contribution >= 0.6 is 0 Å².